The molecule has 36 heavy (non-hydrogen) atoms. The first-order valence-electron chi connectivity index (χ1n) is 10.7. The van der Waals surface area contributed by atoms with E-state index < -0.39 is 11.7 Å². The molecular formula is C25H21ClFN5O3S. The van der Waals surface area contributed by atoms with E-state index in [1.807, 2.05) is 30.3 Å². The number of amides is 2. The number of nitrogens with zero attached hydrogens (tertiary/aromatic N) is 3. The van der Waals surface area contributed by atoms with Gasteiger partial charge in [0, 0.05) is 11.4 Å². The summed E-state index contributed by atoms with van der Waals surface area (Å²) in [5.41, 5.74) is 1.14. The lowest BCUT2D eigenvalue weighted by Crippen LogP contribution is -2.26. The number of ether oxygens (including phenoxy) is 1. The van der Waals surface area contributed by atoms with Crippen LogP contribution in [0.3, 0.4) is 0 Å². The van der Waals surface area contributed by atoms with Gasteiger partial charge in [-0.2, -0.15) is 0 Å². The normalized spacial score (nSPS) is 10.6. The van der Waals surface area contributed by atoms with E-state index >= 15 is 0 Å². The second-order valence-corrected chi connectivity index (χ2v) is 8.76. The molecule has 184 valence electrons. The first-order valence-corrected chi connectivity index (χ1v) is 12.1. The fourth-order valence-electron chi connectivity index (χ4n) is 3.31. The molecule has 0 atom stereocenters. The molecule has 4 rings (SSSR count). The lowest BCUT2D eigenvalue weighted by Gasteiger charge is -2.12. The van der Waals surface area contributed by atoms with Crippen molar-refractivity contribution in [3.05, 3.63) is 95.0 Å². The Morgan fingerprint density at radius 2 is 1.78 bits per heavy atom. The summed E-state index contributed by atoms with van der Waals surface area (Å²) in [6, 6.07) is 20.3. The third-order valence-electron chi connectivity index (χ3n) is 5.02. The highest BCUT2D eigenvalue weighted by molar-refractivity contribution is 7.99. The number of carbonyl (C=O) groups is 2. The van der Waals surface area contributed by atoms with Crippen LogP contribution in [0.1, 0.15) is 16.2 Å². The van der Waals surface area contributed by atoms with Crippen molar-refractivity contribution in [2.45, 2.75) is 11.7 Å². The summed E-state index contributed by atoms with van der Waals surface area (Å²) in [5.74, 6) is -0.446. The largest absolute Gasteiger partial charge is 0.497 e. The van der Waals surface area contributed by atoms with Gasteiger partial charge in [0.15, 0.2) is 11.0 Å². The van der Waals surface area contributed by atoms with Crippen molar-refractivity contribution in [3.63, 3.8) is 0 Å². The van der Waals surface area contributed by atoms with E-state index in [1.54, 1.807) is 35.9 Å². The molecule has 3 aromatic carbocycles. The SMILES string of the molecule is COc1ccc(NC(=O)CSc2nnc(CNC(=O)c3c(F)cccc3Cl)n2-c2ccccc2)cc1. The van der Waals surface area contributed by atoms with Gasteiger partial charge in [-0.15, -0.1) is 10.2 Å². The third kappa shape index (κ3) is 6.02. The number of hydrogen-bond donors (Lipinski definition) is 2. The number of methoxy groups -OCH3 is 1. The molecule has 8 nitrogen and oxygen atoms in total. The Kier molecular flexibility index (Phi) is 8.19. The number of anilines is 1. The topological polar surface area (TPSA) is 98.1 Å². The quantitative estimate of drug-likeness (QED) is 0.307. The molecule has 0 fully saturated rings. The molecular weight excluding hydrogens is 505 g/mol. The van der Waals surface area contributed by atoms with Gasteiger partial charge in [0.2, 0.25) is 5.91 Å². The summed E-state index contributed by atoms with van der Waals surface area (Å²) < 4.78 is 21.0. The van der Waals surface area contributed by atoms with Gasteiger partial charge in [-0.3, -0.25) is 14.2 Å². The van der Waals surface area contributed by atoms with Gasteiger partial charge in [0.05, 0.1) is 30.0 Å². The van der Waals surface area contributed by atoms with Crippen molar-refractivity contribution >= 4 is 40.9 Å². The van der Waals surface area contributed by atoms with E-state index in [9.17, 15) is 14.0 Å². The molecule has 0 aliphatic heterocycles. The van der Waals surface area contributed by atoms with Crippen LogP contribution in [0.4, 0.5) is 10.1 Å². The maximum Gasteiger partial charge on any atom is 0.256 e. The van der Waals surface area contributed by atoms with Crippen LogP contribution < -0.4 is 15.4 Å². The third-order valence-corrected chi connectivity index (χ3v) is 6.26. The predicted molar refractivity (Wildman–Crippen MR) is 136 cm³/mol. The predicted octanol–water partition coefficient (Wildman–Crippen LogP) is 4.73. The second kappa shape index (κ2) is 11.7. The molecule has 1 heterocycles. The molecule has 0 bridgehead atoms. The van der Waals surface area contributed by atoms with Crippen LogP contribution in [0, 0.1) is 5.82 Å². The summed E-state index contributed by atoms with van der Waals surface area (Å²) in [7, 11) is 1.57. The van der Waals surface area contributed by atoms with E-state index in [1.165, 1.54) is 30.0 Å². The van der Waals surface area contributed by atoms with E-state index in [4.69, 9.17) is 16.3 Å². The minimum Gasteiger partial charge on any atom is -0.497 e. The zero-order valence-electron chi connectivity index (χ0n) is 19.1. The van der Waals surface area contributed by atoms with Crippen LogP contribution in [0.25, 0.3) is 5.69 Å². The number of aromatic nitrogens is 3. The highest BCUT2D eigenvalue weighted by atomic mass is 35.5. The Bertz CT molecular complexity index is 1350. The number of thioether (sulfide) groups is 1. The van der Waals surface area contributed by atoms with Gasteiger partial charge < -0.3 is 15.4 Å². The Labute approximate surface area is 215 Å². The molecule has 4 aromatic rings. The standard InChI is InChI=1S/C25H21ClFN5O3S/c1-35-18-12-10-16(11-13-18)29-22(33)15-36-25-31-30-21(32(25)17-6-3-2-4-7-17)14-28-24(34)23-19(26)8-5-9-20(23)27/h2-13H,14-15H2,1H3,(H,28,34)(H,29,33). The Balaban J connectivity index is 1.48. The van der Waals surface area contributed by atoms with Gasteiger partial charge in [-0.05, 0) is 48.5 Å². The average molecular weight is 526 g/mol. The van der Waals surface area contributed by atoms with Crippen molar-refractivity contribution in [2.24, 2.45) is 0 Å². The molecule has 0 unspecified atom stereocenters. The maximum absolute atomic E-state index is 14.1. The van der Waals surface area contributed by atoms with Gasteiger partial charge in [0.25, 0.3) is 5.91 Å². The van der Waals surface area contributed by atoms with Gasteiger partial charge in [-0.1, -0.05) is 47.6 Å². The van der Waals surface area contributed by atoms with Gasteiger partial charge >= 0.3 is 0 Å². The number of para-hydroxylation sites is 1. The molecule has 0 saturated heterocycles. The van der Waals surface area contributed by atoms with Crippen molar-refractivity contribution in [1.82, 2.24) is 20.1 Å². The smallest absolute Gasteiger partial charge is 0.256 e. The van der Waals surface area contributed by atoms with Crippen LogP contribution in [-0.2, 0) is 11.3 Å². The summed E-state index contributed by atoms with van der Waals surface area (Å²) >= 11 is 7.19. The Hall–Kier alpha value is -3.89. The van der Waals surface area contributed by atoms with Crippen LogP contribution in [0.15, 0.2) is 78.0 Å². The number of benzene rings is 3. The molecule has 0 aliphatic carbocycles. The van der Waals surface area contributed by atoms with Crippen LogP contribution >= 0.6 is 23.4 Å². The van der Waals surface area contributed by atoms with Gasteiger partial charge in [0.1, 0.15) is 11.6 Å². The second-order valence-electron chi connectivity index (χ2n) is 7.41. The van der Waals surface area contributed by atoms with E-state index in [2.05, 4.69) is 20.8 Å². The average Bonchev–Trinajstić information content (AvgIpc) is 3.30. The number of carbonyl (C=O) groups excluding carboxylic acids is 2. The summed E-state index contributed by atoms with van der Waals surface area (Å²) in [5, 5.41) is 14.3. The molecule has 2 amide bonds. The monoisotopic (exact) mass is 525 g/mol. The first-order chi connectivity index (χ1) is 17.5. The zero-order valence-corrected chi connectivity index (χ0v) is 20.6. The molecule has 11 heteroatoms. The molecule has 0 spiro atoms. The lowest BCUT2D eigenvalue weighted by atomic mass is 10.2. The zero-order chi connectivity index (χ0) is 25.5. The molecule has 0 radical (unpaired) electrons. The maximum atomic E-state index is 14.1. The first kappa shape index (κ1) is 25.2. The summed E-state index contributed by atoms with van der Waals surface area (Å²) in [6.07, 6.45) is 0. The fraction of sp³-hybridized carbons (Fsp3) is 0.120. The Morgan fingerprint density at radius 3 is 2.47 bits per heavy atom. The number of nitrogens with one attached hydrogen (secondary N) is 2. The highest BCUT2D eigenvalue weighted by Gasteiger charge is 2.19. The van der Waals surface area contributed by atoms with Crippen molar-refractivity contribution in [2.75, 3.05) is 18.2 Å². The fourth-order valence-corrected chi connectivity index (χ4v) is 4.33. The van der Waals surface area contributed by atoms with E-state index in [0.717, 1.165) is 5.69 Å². The van der Waals surface area contributed by atoms with E-state index in [-0.39, 0.29) is 28.8 Å². The van der Waals surface area contributed by atoms with Crippen molar-refractivity contribution < 1.29 is 18.7 Å². The Morgan fingerprint density at radius 1 is 1.03 bits per heavy atom. The van der Waals surface area contributed by atoms with Crippen LogP contribution in [-0.4, -0.2) is 39.4 Å². The lowest BCUT2D eigenvalue weighted by molar-refractivity contribution is -0.113. The molecule has 2 N–H and O–H groups in total. The highest BCUT2D eigenvalue weighted by Crippen LogP contribution is 2.23. The van der Waals surface area contributed by atoms with E-state index in [0.29, 0.717) is 22.4 Å². The van der Waals surface area contributed by atoms with Crippen molar-refractivity contribution in [3.8, 4) is 11.4 Å². The van der Waals surface area contributed by atoms with Crippen LogP contribution in [0.2, 0.25) is 5.02 Å². The van der Waals surface area contributed by atoms with Crippen molar-refractivity contribution in [1.29, 1.82) is 0 Å². The summed E-state index contributed by atoms with van der Waals surface area (Å²) in [6.45, 7) is -0.0377. The number of halogens is 2. The van der Waals surface area contributed by atoms with Crippen LogP contribution in [0.5, 0.6) is 5.75 Å². The molecule has 1 aromatic heterocycles. The number of hydrogen-bond acceptors (Lipinski definition) is 6. The molecule has 0 saturated carbocycles. The molecule has 0 aliphatic rings. The number of rotatable bonds is 9. The minimum atomic E-state index is -0.719. The van der Waals surface area contributed by atoms with Gasteiger partial charge in [-0.25, -0.2) is 4.39 Å². The minimum absolute atomic E-state index is 0.0103. The summed E-state index contributed by atoms with van der Waals surface area (Å²) in [4.78, 5) is 25.1.